The van der Waals surface area contributed by atoms with Crippen molar-refractivity contribution in [2.45, 2.75) is 19.9 Å². The molecular formula is C20H19ClN4O3. The van der Waals surface area contributed by atoms with Crippen LogP contribution in [0.5, 0.6) is 0 Å². The first-order valence-electron chi connectivity index (χ1n) is 8.68. The first-order valence-corrected chi connectivity index (χ1v) is 9.05. The largest absolute Gasteiger partial charge is 0.446 e. The Balaban J connectivity index is 1.75. The lowest BCUT2D eigenvalue weighted by molar-refractivity contribution is 0.0916. The average Bonchev–Trinajstić information content (AvgIpc) is 3.18. The number of carbonyl (C=O) groups is 2. The van der Waals surface area contributed by atoms with Crippen LogP contribution in [0, 0.1) is 5.92 Å². The number of amides is 2. The van der Waals surface area contributed by atoms with E-state index in [1.165, 1.54) is 6.26 Å². The van der Waals surface area contributed by atoms with Crippen LogP contribution in [-0.4, -0.2) is 21.8 Å². The van der Waals surface area contributed by atoms with Gasteiger partial charge in [0.25, 0.3) is 11.8 Å². The molecule has 2 amide bonds. The zero-order valence-electron chi connectivity index (χ0n) is 15.3. The van der Waals surface area contributed by atoms with Crippen molar-refractivity contribution in [1.29, 1.82) is 0 Å². The van der Waals surface area contributed by atoms with Crippen molar-refractivity contribution in [1.82, 2.24) is 15.3 Å². The second-order valence-electron chi connectivity index (χ2n) is 6.44. The number of halogens is 1. The number of nitrogens with zero attached hydrogens (tertiary/aromatic N) is 2. The fourth-order valence-corrected chi connectivity index (χ4v) is 2.71. The maximum atomic E-state index is 12.4. The van der Waals surface area contributed by atoms with E-state index >= 15 is 0 Å². The van der Waals surface area contributed by atoms with Crippen molar-refractivity contribution in [3.63, 3.8) is 0 Å². The second-order valence-corrected chi connectivity index (χ2v) is 6.84. The molecule has 1 aromatic carbocycles. The quantitative estimate of drug-likeness (QED) is 0.651. The third kappa shape index (κ3) is 4.55. The molecule has 1 atom stereocenters. The van der Waals surface area contributed by atoms with Gasteiger partial charge in [-0.1, -0.05) is 37.6 Å². The standard InChI is InChI=1S/C20H19ClN4O3/c1-12(2)17(25-18(26)13-7-9-22-10-8-13)20-24-16(11-28-20)19(27)23-15-6-4-3-5-14(15)21/h3-12,17H,1-2H3,(H,23,27)(H,25,26)/t17-/m1/s1. The van der Waals surface area contributed by atoms with Gasteiger partial charge in [-0.2, -0.15) is 0 Å². The number of aromatic nitrogens is 2. The lowest BCUT2D eigenvalue weighted by atomic mass is 10.0. The van der Waals surface area contributed by atoms with Crippen LogP contribution in [0.2, 0.25) is 5.02 Å². The maximum Gasteiger partial charge on any atom is 0.277 e. The monoisotopic (exact) mass is 398 g/mol. The van der Waals surface area contributed by atoms with E-state index in [0.717, 1.165) is 0 Å². The Morgan fingerprint density at radius 3 is 2.46 bits per heavy atom. The number of hydrogen-bond donors (Lipinski definition) is 2. The third-order valence-corrected chi connectivity index (χ3v) is 4.37. The summed E-state index contributed by atoms with van der Waals surface area (Å²) < 4.78 is 5.48. The lowest BCUT2D eigenvalue weighted by Crippen LogP contribution is -2.32. The van der Waals surface area contributed by atoms with Crippen LogP contribution in [0.1, 0.15) is 46.6 Å². The number of anilines is 1. The highest BCUT2D eigenvalue weighted by atomic mass is 35.5. The Kier molecular flexibility index (Phi) is 6.06. The molecule has 0 aliphatic heterocycles. The molecule has 0 saturated carbocycles. The molecule has 3 aromatic rings. The summed E-state index contributed by atoms with van der Waals surface area (Å²) in [7, 11) is 0. The van der Waals surface area contributed by atoms with Crippen molar-refractivity contribution >= 4 is 29.1 Å². The van der Waals surface area contributed by atoms with Crippen LogP contribution in [0.25, 0.3) is 0 Å². The molecule has 0 bridgehead atoms. The van der Waals surface area contributed by atoms with E-state index in [1.54, 1.807) is 48.8 Å². The Morgan fingerprint density at radius 1 is 1.07 bits per heavy atom. The first kappa shape index (κ1) is 19.6. The van der Waals surface area contributed by atoms with Gasteiger partial charge in [0.1, 0.15) is 12.3 Å². The summed E-state index contributed by atoms with van der Waals surface area (Å²) in [4.78, 5) is 33.0. The van der Waals surface area contributed by atoms with Gasteiger partial charge < -0.3 is 15.1 Å². The molecule has 0 unspecified atom stereocenters. The topological polar surface area (TPSA) is 97.1 Å². The lowest BCUT2D eigenvalue weighted by Gasteiger charge is -2.19. The molecule has 3 rings (SSSR count). The van der Waals surface area contributed by atoms with E-state index in [0.29, 0.717) is 16.3 Å². The van der Waals surface area contributed by atoms with Gasteiger partial charge in [-0.05, 0) is 30.2 Å². The van der Waals surface area contributed by atoms with E-state index < -0.39 is 11.9 Å². The molecule has 0 spiro atoms. The summed E-state index contributed by atoms with van der Waals surface area (Å²) in [6.45, 7) is 3.84. The van der Waals surface area contributed by atoms with Crippen molar-refractivity contribution in [2.75, 3.05) is 5.32 Å². The molecule has 28 heavy (non-hydrogen) atoms. The van der Waals surface area contributed by atoms with Crippen molar-refractivity contribution < 1.29 is 14.0 Å². The molecule has 2 heterocycles. The van der Waals surface area contributed by atoms with E-state index in [2.05, 4.69) is 20.6 Å². The van der Waals surface area contributed by atoms with Crippen molar-refractivity contribution in [3.05, 3.63) is 77.2 Å². The van der Waals surface area contributed by atoms with Gasteiger partial charge in [-0.25, -0.2) is 4.98 Å². The molecule has 0 fully saturated rings. The number of hydrogen-bond acceptors (Lipinski definition) is 5. The van der Waals surface area contributed by atoms with Gasteiger partial charge in [-0.3, -0.25) is 14.6 Å². The third-order valence-electron chi connectivity index (χ3n) is 4.04. The Hall–Kier alpha value is -3.19. The highest BCUT2D eigenvalue weighted by Gasteiger charge is 2.25. The first-order chi connectivity index (χ1) is 13.5. The number of pyridine rings is 1. The highest BCUT2D eigenvalue weighted by Crippen LogP contribution is 2.24. The van der Waals surface area contributed by atoms with Crippen LogP contribution < -0.4 is 10.6 Å². The number of rotatable bonds is 6. The fraction of sp³-hybridized carbons (Fsp3) is 0.200. The molecule has 0 saturated heterocycles. The molecule has 8 heteroatoms. The predicted octanol–water partition coefficient (Wildman–Crippen LogP) is 4.10. The summed E-state index contributed by atoms with van der Waals surface area (Å²) in [6.07, 6.45) is 4.35. The van der Waals surface area contributed by atoms with Crippen molar-refractivity contribution in [2.24, 2.45) is 5.92 Å². The van der Waals surface area contributed by atoms with Crippen LogP contribution in [-0.2, 0) is 0 Å². The number of oxazole rings is 1. The zero-order chi connectivity index (χ0) is 20.1. The van der Waals surface area contributed by atoms with Crippen molar-refractivity contribution in [3.8, 4) is 0 Å². The Bertz CT molecular complexity index is 972. The molecule has 0 aliphatic rings. The van der Waals surface area contributed by atoms with Crippen LogP contribution in [0.4, 0.5) is 5.69 Å². The normalized spacial score (nSPS) is 11.9. The molecule has 144 valence electrons. The van der Waals surface area contributed by atoms with E-state index in [-0.39, 0.29) is 23.4 Å². The van der Waals surface area contributed by atoms with Gasteiger partial charge >= 0.3 is 0 Å². The van der Waals surface area contributed by atoms with Gasteiger partial charge in [0.05, 0.1) is 10.7 Å². The summed E-state index contributed by atoms with van der Waals surface area (Å²) in [5.74, 6) is -0.488. The molecule has 7 nitrogen and oxygen atoms in total. The van der Waals surface area contributed by atoms with Crippen LogP contribution >= 0.6 is 11.6 Å². The molecule has 2 N–H and O–H groups in total. The van der Waals surface area contributed by atoms with E-state index in [1.807, 2.05) is 13.8 Å². The van der Waals surface area contributed by atoms with Gasteiger partial charge in [0.2, 0.25) is 5.89 Å². The predicted molar refractivity (Wildman–Crippen MR) is 105 cm³/mol. The van der Waals surface area contributed by atoms with Crippen LogP contribution in [0.3, 0.4) is 0 Å². The molecule has 0 aliphatic carbocycles. The summed E-state index contributed by atoms with van der Waals surface area (Å²) >= 11 is 6.06. The van der Waals surface area contributed by atoms with Gasteiger partial charge in [0.15, 0.2) is 5.69 Å². The molecule has 2 aromatic heterocycles. The SMILES string of the molecule is CC(C)[C@@H](NC(=O)c1ccncc1)c1nc(C(=O)Nc2ccccc2Cl)co1. The summed E-state index contributed by atoms with van der Waals surface area (Å²) in [6, 6.07) is 9.63. The Labute approximate surface area is 167 Å². The molecule has 0 radical (unpaired) electrons. The number of nitrogens with one attached hydrogen (secondary N) is 2. The minimum Gasteiger partial charge on any atom is -0.446 e. The number of benzene rings is 1. The summed E-state index contributed by atoms with van der Waals surface area (Å²) in [5, 5.41) is 5.99. The van der Waals surface area contributed by atoms with E-state index in [9.17, 15) is 9.59 Å². The minimum absolute atomic E-state index is 0.0103. The smallest absolute Gasteiger partial charge is 0.277 e. The van der Waals surface area contributed by atoms with Crippen LogP contribution in [0.15, 0.2) is 59.5 Å². The maximum absolute atomic E-state index is 12.4. The summed E-state index contributed by atoms with van der Waals surface area (Å²) in [5.41, 5.74) is 1.05. The highest BCUT2D eigenvalue weighted by molar-refractivity contribution is 6.33. The molecular weight excluding hydrogens is 380 g/mol. The average molecular weight is 399 g/mol. The zero-order valence-corrected chi connectivity index (χ0v) is 16.1. The fourth-order valence-electron chi connectivity index (χ4n) is 2.53. The minimum atomic E-state index is -0.498. The number of para-hydroxylation sites is 1. The number of carbonyl (C=O) groups excluding carboxylic acids is 2. The van der Waals surface area contributed by atoms with Gasteiger partial charge in [-0.15, -0.1) is 0 Å². The van der Waals surface area contributed by atoms with E-state index in [4.69, 9.17) is 16.0 Å². The Morgan fingerprint density at radius 2 is 1.79 bits per heavy atom. The van der Waals surface area contributed by atoms with Gasteiger partial charge in [0, 0.05) is 18.0 Å². The second kappa shape index (κ2) is 8.67.